The van der Waals surface area contributed by atoms with E-state index in [1.807, 2.05) is 4.90 Å². The average Bonchev–Trinajstić information content (AvgIpc) is 2.67. The lowest BCUT2D eigenvalue weighted by Crippen LogP contribution is -2.46. The first kappa shape index (κ1) is 23.1. The van der Waals surface area contributed by atoms with Crippen LogP contribution in [0.15, 0.2) is 23.1 Å². The fraction of sp³-hybridized carbons (Fsp3) is 0.579. The van der Waals surface area contributed by atoms with Gasteiger partial charge in [-0.3, -0.25) is 14.5 Å². The van der Waals surface area contributed by atoms with Crippen molar-refractivity contribution < 1.29 is 22.7 Å². The minimum atomic E-state index is -3.71. The highest BCUT2D eigenvalue weighted by Gasteiger charge is 2.26. The highest BCUT2D eigenvalue weighted by molar-refractivity contribution is 7.89. The number of ether oxygens (including phenoxy) is 1. The molecule has 0 aromatic heterocycles. The molecule has 0 atom stereocenters. The Morgan fingerprint density at radius 1 is 1.21 bits per heavy atom. The number of amides is 2. The van der Waals surface area contributed by atoms with E-state index in [0.29, 0.717) is 5.69 Å². The minimum Gasteiger partial charge on any atom is -0.495 e. The molecule has 10 heteroatoms. The molecular formula is C19H30N4O5S. The zero-order valence-corrected chi connectivity index (χ0v) is 18.5. The number of carbonyl (C=O) groups excluding carboxylic acids is 2. The van der Waals surface area contributed by atoms with Gasteiger partial charge in [0, 0.05) is 52.9 Å². The quantitative estimate of drug-likeness (QED) is 0.693. The Bertz CT molecular complexity index is 848. The summed E-state index contributed by atoms with van der Waals surface area (Å²) in [5.74, 6) is 0.0410. The van der Waals surface area contributed by atoms with Gasteiger partial charge in [-0.2, -0.15) is 0 Å². The summed E-state index contributed by atoms with van der Waals surface area (Å²) in [6.45, 7) is 3.20. The molecule has 0 bridgehead atoms. The molecule has 1 heterocycles. The van der Waals surface area contributed by atoms with Crippen LogP contribution in [0, 0.1) is 0 Å². The molecule has 0 spiro atoms. The van der Waals surface area contributed by atoms with Crippen molar-refractivity contribution in [3.63, 3.8) is 0 Å². The number of benzene rings is 1. The van der Waals surface area contributed by atoms with E-state index in [1.54, 1.807) is 24.9 Å². The molecule has 1 aliphatic heterocycles. The predicted molar refractivity (Wildman–Crippen MR) is 110 cm³/mol. The molecular weight excluding hydrogens is 396 g/mol. The lowest BCUT2D eigenvalue weighted by Gasteiger charge is -2.36. The highest BCUT2D eigenvalue weighted by atomic mass is 32.2. The Labute approximate surface area is 172 Å². The fourth-order valence-corrected chi connectivity index (χ4v) is 4.35. The smallest absolute Gasteiger partial charge is 0.246 e. The van der Waals surface area contributed by atoms with Crippen molar-refractivity contribution in [1.82, 2.24) is 14.1 Å². The minimum absolute atomic E-state index is 0.00381. The van der Waals surface area contributed by atoms with Gasteiger partial charge in [-0.1, -0.05) is 0 Å². The summed E-state index contributed by atoms with van der Waals surface area (Å²) < 4.78 is 31.2. The maximum atomic E-state index is 12.5. The molecule has 9 nitrogen and oxygen atoms in total. The number of carbonyl (C=O) groups is 2. The van der Waals surface area contributed by atoms with Crippen molar-refractivity contribution in [2.75, 3.05) is 53.2 Å². The van der Waals surface area contributed by atoms with Gasteiger partial charge < -0.3 is 15.0 Å². The molecule has 0 unspecified atom stereocenters. The van der Waals surface area contributed by atoms with E-state index in [1.165, 1.54) is 33.3 Å². The van der Waals surface area contributed by atoms with Crippen molar-refractivity contribution in [3.05, 3.63) is 18.2 Å². The summed E-state index contributed by atoms with van der Waals surface area (Å²) >= 11 is 0. The third-order valence-electron chi connectivity index (χ3n) is 5.17. The zero-order chi connectivity index (χ0) is 21.8. The molecule has 2 rings (SSSR count). The van der Waals surface area contributed by atoms with E-state index < -0.39 is 10.0 Å². The molecule has 1 aliphatic rings. The van der Waals surface area contributed by atoms with Gasteiger partial charge in [-0.05, 0) is 31.0 Å². The number of nitrogens with one attached hydrogen (secondary N) is 1. The summed E-state index contributed by atoms with van der Waals surface area (Å²) in [5.41, 5.74) is 0.391. The van der Waals surface area contributed by atoms with Crippen LogP contribution in [-0.2, 0) is 19.6 Å². The predicted octanol–water partition coefficient (Wildman–Crippen LogP) is 0.827. The third-order valence-corrected chi connectivity index (χ3v) is 7.01. The van der Waals surface area contributed by atoms with Crippen LogP contribution in [0.3, 0.4) is 0 Å². The largest absolute Gasteiger partial charge is 0.495 e. The van der Waals surface area contributed by atoms with E-state index in [-0.39, 0.29) is 35.0 Å². The lowest BCUT2D eigenvalue weighted by atomic mass is 10.0. The van der Waals surface area contributed by atoms with E-state index in [9.17, 15) is 18.0 Å². The summed E-state index contributed by atoms with van der Waals surface area (Å²) in [4.78, 5) is 27.7. The first-order chi connectivity index (χ1) is 13.6. The second-order valence-electron chi connectivity index (χ2n) is 7.34. The van der Waals surface area contributed by atoms with Crippen molar-refractivity contribution >= 4 is 27.5 Å². The second kappa shape index (κ2) is 9.55. The van der Waals surface area contributed by atoms with E-state index in [2.05, 4.69) is 5.32 Å². The molecule has 162 valence electrons. The normalized spacial score (nSPS) is 15.9. The molecule has 1 saturated heterocycles. The Kier molecular flexibility index (Phi) is 7.61. The maximum Gasteiger partial charge on any atom is 0.246 e. The lowest BCUT2D eigenvalue weighted by molar-refractivity contribution is -0.130. The number of rotatable bonds is 7. The van der Waals surface area contributed by atoms with E-state index >= 15 is 0 Å². The number of nitrogens with zero attached hydrogens (tertiary/aromatic N) is 3. The van der Waals surface area contributed by atoms with Gasteiger partial charge in [0.15, 0.2) is 0 Å². The SMILES string of the molecule is COc1ccc(NC(=O)CN2CCC(N(C)C(C)=O)CC2)cc1S(=O)(=O)N(C)C. The van der Waals surface area contributed by atoms with E-state index in [0.717, 1.165) is 30.2 Å². The Morgan fingerprint density at radius 2 is 1.83 bits per heavy atom. The zero-order valence-electron chi connectivity index (χ0n) is 17.6. The average molecular weight is 427 g/mol. The van der Waals surface area contributed by atoms with Crippen LogP contribution in [0.25, 0.3) is 0 Å². The number of hydrogen-bond donors (Lipinski definition) is 1. The van der Waals surface area contributed by atoms with Crippen molar-refractivity contribution in [1.29, 1.82) is 0 Å². The maximum absolute atomic E-state index is 12.5. The summed E-state index contributed by atoms with van der Waals surface area (Å²) in [6.07, 6.45) is 1.63. The van der Waals surface area contributed by atoms with Crippen LogP contribution in [0.2, 0.25) is 0 Å². The Hall–Kier alpha value is -2.17. The van der Waals surface area contributed by atoms with Crippen molar-refractivity contribution in [2.24, 2.45) is 0 Å². The number of piperidine rings is 1. The molecule has 1 aromatic carbocycles. The standard InChI is InChI=1S/C19H30N4O5S/c1-14(24)22(4)16-8-10-23(11-9-16)13-19(25)20-15-6-7-17(28-5)18(12-15)29(26,27)21(2)3/h6-7,12,16H,8-11,13H2,1-5H3,(H,20,25). The number of sulfonamides is 1. The first-order valence-corrected chi connectivity index (χ1v) is 10.9. The summed E-state index contributed by atoms with van der Waals surface area (Å²) in [6, 6.07) is 4.74. The van der Waals surface area contributed by atoms with Crippen LogP contribution in [-0.4, -0.2) is 88.3 Å². The molecule has 29 heavy (non-hydrogen) atoms. The highest BCUT2D eigenvalue weighted by Crippen LogP contribution is 2.28. The molecule has 0 saturated carbocycles. The van der Waals surface area contributed by atoms with Crippen LogP contribution in [0.4, 0.5) is 5.69 Å². The van der Waals surface area contributed by atoms with Gasteiger partial charge in [-0.15, -0.1) is 0 Å². The van der Waals surface area contributed by atoms with Crippen LogP contribution in [0.1, 0.15) is 19.8 Å². The number of anilines is 1. The summed E-state index contributed by atoms with van der Waals surface area (Å²) in [7, 11) is 2.37. The van der Waals surface area contributed by atoms with Crippen molar-refractivity contribution in [2.45, 2.75) is 30.7 Å². The second-order valence-corrected chi connectivity index (χ2v) is 9.46. The topological polar surface area (TPSA) is 99.3 Å². The van der Waals surface area contributed by atoms with Crippen LogP contribution < -0.4 is 10.1 Å². The first-order valence-electron chi connectivity index (χ1n) is 9.42. The number of likely N-dealkylation sites (tertiary alicyclic amines) is 1. The van der Waals surface area contributed by atoms with Gasteiger partial charge in [-0.25, -0.2) is 12.7 Å². The Morgan fingerprint density at radius 3 is 2.34 bits per heavy atom. The molecule has 1 N–H and O–H groups in total. The van der Waals surface area contributed by atoms with Gasteiger partial charge >= 0.3 is 0 Å². The van der Waals surface area contributed by atoms with Crippen molar-refractivity contribution in [3.8, 4) is 5.75 Å². The van der Waals surface area contributed by atoms with Gasteiger partial charge in [0.05, 0.1) is 13.7 Å². The van der Waals surface area contributed by atoms with Gasteiger partial charge in [0.25, 0.3) is 0 Å². The molecule has 0 radical (unpaired) electrons. The van der Waals surface area contributed by atoms with Gasteiger partial charge in [0.1, 0.15) is 10.6 Å². The van der Waals surface area contributed by atoms with Gasteiger partial charge in [0.2, 0.25) is 21.8 Å². The Balaban J connectivity index is 2.00. The van der Waals surface area contributed by atoms with E-state index in [4.69, 9.17) is 4.74 Å². The number of hydrogen-bond acceptors (Lipinski definition) is 6. The molecule has 1 fully saturated rings. The molecule has 2 amide bonds. The van der Waals surface area contributed by atoms with Crippen LogP contribution in [0.5, 0.6) is 5.75 Å². The van der Waals surface area contributed by atoms with Crippen LogP contribution >= 0.6 is 0 Å². The fourth-order valence-electron chi connectivity index (χ4n) is 3.28. The monoisotopic (exact) mass is 426 g/mol. The molecule has 0 aliphatic carbocycles. The summed E-state index contributed by atoms with van der Waals surface area (Å²) in [5, 5.41) is 2.76. The number of methoxy groups -OCH3 is 1. The third kappa shape index (κ3) is 5.68. The molecule has 1 aromatic rings.